The fourth-order valence-corrected chi connectivity index (χ4v) is 3.34. The molecule has 0 amide bonds. The second kappa shape index (κ2) is 7.45. The standard InChI is InChI=1S/C21H26N2/c1-17-7-6-8-19(22-17)14-11-18-12-15-21(16-13-18)23(2)20-9-4-3-5-10-20/h6-8,11-16,20H,3-5,9-10H2,1-2H3. The Kier molecular flexibility index (Phi) is 5.12. The molecule has 1 heterocycles. The molecule has 1 aliphatic carbocycles. The maximum absolute atomic E-state index is 4.50. The third-order valence-electron chi connectivity index (χ3n) is 4.78. The molecule has 2 aromatic rings. The van der Waals surface area contributed by atoms with Crippen molar-refractivity contribution in [3.05, 3.63) is 59.4 Å². The molecule has 0 unspecified atom stereocenters. The molecule has 0 aliphatic heterocycles. The molecule has 0 N–H and O–H groups in total. The molecule has 3 rings (SSSR count). The van der Waals surface area contributed by atoms with Gasteiger partial charge in [0.05, 0.1) is 5.69 Å². The highest BCUT2D eigenvalue weighted by Gasteiger charge is 2.17. The average Bonchev–Trinajstić information content (AvgIpc) is 2.61. The van der Waals surface area contributed by atoms with Crippen LogP contribution in [0.25, 0.3) is 12.2 Å². The van der Waals surface area contributed by atoms with Crippen molar-refractivity contribution in [2.24, 2.45) is 0 Å². The Labute approximate surface area is 139 Å². The summed E-state index contributed by atoms with van der Waals surface area (Å²) in [5, 5.41) is 0. The Morgan fingerprint density at radius 2 is 1.70 bits per heavy atom. The highest BCUT2D eigenvalue weighted by atomic mass is 15.1. The molecule has 0 bridgehead atoms. The van der Waals surface area contributed by atoms with Gasteiger partial charge in [-0.2, -0.15) is 0 Å². The van der Waals surface area contributed by atoms with Gasteiger partial charge in [0, 0.05) is 24.5 Å². The number of anilines is 1. The third kappa shape index (κ3) is 4.22. The summed E-state index contributed by atoms with van der Waals surface area (Å²) in [4.78, 5) is 6.95. The van der Waals surface area contributed by atoms with Gasteiger partial charge in [0.15, 0.2) is 0 Å². The first-order valence-corrected chi connectivity index (χ1v) is 8.67. The van der Waals surface area contributed by atoms with E-state index >= 15 is 0 Å². The van der Waals surface area contributed by atoms with E-state index in [1.165, 1.54) is 43.4 Å². The van der Waals surface area contributed by atoms with E-state index in [0.29, 0.717) is 6.04 Å². The first kappa shape index (κ1) is 15.8. The van der Waals surface area contributed by atoms with Crippen LogP contribution in [0.1, 0.15) is 49.1 Å². The highest BCUT2D eigenvalue weighted by molar-refractivity contribution is 5.69. The van der Waals surface area contributed by atoms with Crippen molar-refractivity contribution < 1.29 is 0 Å². The number of rotatable bonds is 4. The Morgan fingerprint density at radius 1 is 0.957 bits per heavy atom. The Balaban J connectivity index is 1.66. The first-order valence-electron chi connectivity index (χ1n) is 8.67. The first-order chi connectivity index (χ1) is 11.2. The largest absolute Gasteiger partial charge is 0.372 e. The van der Waals surface area contributed by atoms with Crippen molar-refractivity contribution in [1.82, 2.24) is 4.98 Å². The van der Waals surface area contributed by atoms with Crippen molar-refractivity contribution in [3.8, 4) is 0 Å². The fraction of sp³-hybridized carbons (Fsp3) is 0.381. The van der Waals surface area contributed by atoms with Crippen LogP contribution in [0.5, 0.6) is 0 Å². The lowest BCUT2D eigenvalue weighted by atomic mass is 9.94. The second-order valence-corrected chi connectivity index (χ2v) is 6.53. The zero-order chi connectivity index (χ0) is 16.1. The van der Waals surface area contributed by atoms with Crippen LogP contribution in [-0.2, 0) is 0 Å². The number of aromatic nitrogens is 1. The van der Waals surface area contributed by atoms with Crippen molar-refractivity contribution in [1.29, 1.82) is 0 Å². The van der Waals surface area contributed by atoms with Crippen LogP contribution < -0.4 is 4.90 Å². The average molecular weight is 306 g/mol. The van der Waals surface area contributed by atoms with Crippen LogP contribution in [0.15, 0.2) is 42.5 Å². The van der Waals surface area contributed by atoms with E-state index in [2.05, 4.69) is 53.3 Å². The van der Waals surface area contributed by atoms with Gasteiger partial charge in [-0.25, -0.2) is 0 Å². The lowest BCUT2D eigenvalue weighted by Crippen LogP contribution is -2.33. The van der Waals surface area contributed by atoms with E-state index in [9.17, 15) is 0 Å². The molecule has 2 heteroatoms. The van der Waals surface area contributed by atoms with Crippen molar-refractivity contribution >= 4 is 17.8 Å². The van der Waals surface area contributed by atoms with Crippen molar-refractivity contribution in [2.75, 3.05) is 11.9 Å². The van der Waals surface area contributed by atoms with E-state index in [4.69, 9.17) is 0 Å². The molecule has 0 saturated heterocycles. The third-order valence-corrected chi connectivity index (χ3v) is 4.78. The minimum absolute atomic E-state index is 0.710. The lowest BCUT2D eigenvalue weighted by molar-refractivity contribution is 0.427. The molecule has 1 aliphatic rings. The zero-order valence-electron chi connectivity index (χ0n) is 14.2. The molecule has 1 aromatic carbocycles. The predicted molar refractivity (Wildman–Crippen MR) is 99.6 cm³/mol. The Morgan fingerprint density at radius 3 is 2.39 bits per heavy atom. The molecule has 0 radical (unpaired) electrons. The molecule has 23 heavy (non-hydrogen) atoms. The van der Waals surface area contributed by atoms with Crippen LogP contribution in [0.4, 0.5) is 5.69 Å². The zero-order valence-corrected chi connectivity index (χ0v) is 14.2. The quantitative estimate of drug-likeness (QED) is 0.759. The van der Waals surface area contributed by atoms with E-state index in [1.54, 1.807) is 0 Å². The Bertz CT molecular complexity index is 652. The summed E-state index contributed by atoms with van der Waals surface area (Å²) in [5.41, 5.74) is 4.60. The van der Waals surface area contributed by atoms with Crippen LogP contribution in [0.3, 0.4) is 0 Å². The summed E-state index contributed by atoms with van der Waals surface area (Å²) < 4.78 is 0. The van der Waals surface area contributed by atoms with Gasteiger partial charge in [0.25, 0.3) is 0 Å². The van der Waals surface area contributed by atoms with Crippen LogP contribution >= 0.6 is 0 Å². The normalized spacial score (nSPS) is 15.9. The van der Waals surface area contributed by atoms with E-state index in [0.717, 1.165) is 11.4 Å². The molecule has 0 spiro atoms. The fourth-order valence-electron chi connectivity index (χ4n) is 3.34. The monoisotopic (exact) mass is 306 g/mol. The summed E-state index contributed by atoms with van der Waals surface area (Å²) >= 11 is 0. The molecule has 1 saturated carbocycles. The number of pyridine rings is 1. The summed E-state index contributed by atoms with van der Waals surface area (Å²) in [6, 6.07) is 15.7. The van der Waals surface area contributed by atoms with Gasteiger partial charge in [-0.05, 0) is 55.7 Å². The Hall–Kier alpha value is -2.09. The second-order valence-electron chi connectivity index (χ2n) is 6.53. The van der Waals surface area contributed by atoms with Crippen LogP contribution in [-0.4, -0.2) is 18.1 Å². The summed E-state index contributed by atoms with van der Waals surface area (Å²) in [6.07, 6.45) is 11.0. The topological polar surface area (TPSA) is 16.1 Å². The predicted octanol–water partition coefficient (Wildman–Crippen LogP) is 5.33. The molecule has 2 nitrogen and oxygen atoms in total. The maximum atomic E-state index is 4.50. The minimum atomic E-state index is 0.710. The van der Waals surface area contributed by atoms with Gasteiger partial charge in [-0.3, -0.25) is 4.98 Å². The van der Waals surface area contributed by atoms with Crippen LogP contribution in [0, 0.1) is 6.92 Å². The maximum Gasteiger partial charge on any atom is 0.0633 e. The van der Waals surface area contributed by atoms with E-state index in [-0.39, 0.29) is 0 Å². The SMILES string of the molecule is Cc1cccc(C=Cc2ccc(N(C)C3CCCCC3)cc2)n1. The molecular weight excluding hydrogens is 280 g/mol. The van der Waals surface area contributed by atoms with Gasteiger partial charge in [-0.15, -0.1) is 0 Å². The van der Waals surface area contributed by atoms with Crippen LogP contribution in [0.2, 0.25) is 0 Å². The molecule has 0 atom stereocenters. The number of nitrogens with zero attached hydrogens (tertiary/aromatic N) is 2. The van der Waals surface area contributed by atoms with Crippen molar-refractivity contribution in [3.63, 3.8) is 0 Å². The summed E-state index contributed by atoms with van der Waals surface area (Å²) in [5.74, 6) is 0. The lowest BCUT2D eigenvalue weighted by Gasteiger charge is -2.33. The number of aryl methyl sites for hydroxylation is 1. The summed E-state index contributed by atoms with van der Waals surface area (Å²) in [6.45, 7) is 2.02. The van der Waals surface area contributed by atoms with Crippen molar-refractivity contribution in [2.45, 2.75) is 45.1 Å². The number of benzene rings is 1. The molecule has 1 fully saturated rings. The number of hydrogen-bond acceptors (Lipinski definition) is 2. The van der Waals surface area contributed by atoms with Gasteiger partial charge in [0.2, 0.25) is 0 Å². The van der Waals surface area contributed by atoms with E-state index < -0.39 is 0 Å². The molecule has 120 valence electrons. The minimum Gasteiger partial charge on any atom is -0.372 e. The highest BCUT2D eigenvalue weighted by Crippen LogP contribution is 2.26. The van der Waals surface area contributed by atoms with E-state index in [1.807, 2.05) is 25.1 Å². The van der Waals surface area contributed by atoms with Gasteiger partial charge >= 0.3 is 0 Å². The van der Waals surface area contributed by atoms with Gasteiger partial charge < -0.3 is 4.90 Å². The molecular formula is C21H26N2. The van der Waals surface area contributed by atoms with Gasteiger partial charge in [0.1, 0.15) is 0 Å². The number of hydrogen-bond donors (Lipinski definition) is 0. The summed E-state index contributed by atoms with van der Waals surface area (Å²) in [7, 11) is 2.23. The smallest absolute Gasteiger partial charge is 0.0633 e. The molecule has 1 aromatic heterocycles. The van der Waals surface area contributed by atoms with Gasteiger partial charge in [-0.1, -0.05) is 43.5 Å².